The number of ether oxygens (including phenoxy) is 1. The summed E-state index contributed by atoms with van der Waals surface area (Å²) in [6.45, 7) is 5.19. The predicted molar refractivity (Wildman–Crippen MR) is 99.7 cm³/mol. The van der Waals surface area contributed by atoms with Gasteiger partial charge in [0.15, 0.2) is 0 Å². The van der Waals surface area contributed by atoms with Crippen LogP contribution < -0.4 is 10.1 Å². The quantitative estimate of drug-likeness (QED) is 0.844. The number of nitrogens with zero attached hydrogens (tertiary/aromatic N) is 1. The van der Waals surface area contributed by atoms with Crippen LogP contribution in [0.25, 0.3) is 0 Å². The number of hydrogen-bond donors (Lipinski definition) is 1. The summed E-state index contributed by atoms with van der Waals surface area (Å²) in [4.78, 5) is 26.5. The highest BCUT2D eigenvalue weighted by molar-refractivity contribution is 6.31. The lowest BCUT2D eigenvalue weighted by Gasteiger charge is -2.18. The van der Waals surface area contributed by atoms with E-state index < -0.39 is 0 Å². The van der Waals surface area contributed by atoms with E-state index in [-0.39, 0.29) is 11.8 Å². The first-order valence-corrected chi connectivity index (χ1v) is 8.42. The van der Waals surface area contributed by atoms with Gasteiger partial charge in [0.25, 0.3) is 11.8 Å². The number of amides is 2. The molecule has 0 bridgehead atoms. The number of benzene rings is 2. The smallest absolute Gasteiger partial charge is 0.259 e. The van der Waals surface area contributed by atoms with Crippen molar-refractivity contribution in [1.82, 2.24) is 4.90 Å². The van der Waals surface area contributed by atoms with E-state index in [4.69, 9.17) is 16.3 Å². The maximum Gasteiger partial charge on any atom is 0.259 e. The van der Waals surface area contributed by atoms with Gasteiger partial charge in [0.2, 0.25) is 0 Å². The number of methoxy groups -OCH3 is 1. The number of carbonyl (C=O) groups is 2. The second-order valence-electron chi connectivity index (χ2n) is 5.35. The van der Waals surface area contributed by atoms with Crippen LogP contribution in [0.5, 0.6) is 5.75 Å². The van der Waals surface area contributed by atoms with Gasteiger partial charge in [-0.25, -0.2) is 0 Å². The third kappa shape index (κ3) is 4.51. The SMILES string of the molecule is CCN(CC)C(=O)c1ccc(NC(=O)c2cc(Cl)ccc2OC)cc1. The van der Waals surface area contributed by atoms with Crippen LogP contribution in [-0.2, 0) is 0 Å². The van der Waals surface area contributed by atoms with Gasteiger partial charge in [-0.15, -0.1) is 0 Å². The molecule has 0 radical (unpaired) electrons. The molecule has 0 heterocycles. The van der Waals surface area contributed by atoms with Crippen molar-refractivity contribution in [2.75, 3.05) is 25.5 Å². The van der Waals surface area contributed by atoms with E-state index >= 15 is 0 Å². The summed E-state index contributed by atoms with van der Waals surface area (Å²) in [5.41, 5.74) is 1.52. The molecule has 25 heavy (non-hydrogen) atoms. The number of rotatable bonds is 6. The van der Waals surface area contributed by atoms with Crippen LogP contribution in [0.1, 0.15) is 34.6 Å². The van der Waals surface area contributed by atoms with Crippen molar-refractivity contribution in [1.29, 1.82) is 0 Å². The molecular weight excluding hydrogens is 340 g/mol. The average Bonchev–Trinajstić information content (AvgIpc) is 2.63. The summed E-state index contributed by atoms with van der Waals surface area (Å²) >= 11 is 5.96. The highest BCUT2D eigenvalue weighted by Crippen LogP contribution is 2.24. The molecule has 0 fully saturated rings. The Morgan fingerprint density at radius 2 is 1.72 bits per heavy atom. The zero-order chi connectivity index (χ0) is 18.4. The molecule has 0 aromatic heterocycles. The average molecular weight is 361 g/mol. The molecule has 5 nitrogen and oxygen atoms in total. The minimum absolute atomic E-state index is 0.0283. The zero-order valence-electron chi connectivity index (χ0n) is 14.5. The van der Waals surface area contributed by atoms with Gasteiger partial charge in [-0.3, -0.25) is 9.59 Å². The number of hydrogen-bond acceptors (Lipinski definition) is 3. The first-order chi connectivity index (χ1) is 12.0. The molecule has 0 saturated carbocycles. The number of nitrogens with one attached hydrogen (secondary N) is 1. The summed E-state index contributed by atoms with van der Waals surface area (Å²) < 4.78 is 5.19. The highest BCUT2D eigenvalue weighted by Gasteiger charge is 2.15. The largest absolute Gasteiger partial charge is 0.496 e. The maximum atomic E-state index is 12.4. The van der Waals surface area contributed by atoms with Gasteiger partial charge < -0.3 is 15.0 Å². The predicted octanol–water partition coefficient (Wildman–Crippen LogP) is 4.08. The van der Waals surface area contributed by atoms with Crippen molar-refractivity contribution in [3.05, 3.63) is 58.6 Å². The van der Waals surface area contributed by atoms with Crippen molar-refractivity contribution in [2.45, 2.75) is 13.8 Å². The van der Waals surface area contributed by atoms with Gasteiger partial charge in [-0.05, 0) is 56.3 Å². The molecule has 0 spiro atoms. The molecule has 0 aliphatic carbocycles. The number of halogens is 1. The first kappa shape index (κ1) is 18.8. The molecule has 2 rings (SSSR count). The van der Waals surface area contributed by atoms with Gasteiger partial charge in [0.05, 0.1) is 12.7 Å². The molecule has 1 N–H and O–H groups in total. The lowest BCUT2D eigenvalue weighted by molar-refractivity contribution is 0.0773. The minimum atomic E-state index is -0.331. The van der Waals surface area contributed by atoms with Crippen molar-refractivity contribution in [3.63, 3.8) is 0 Å². The maximum absolute atomic E-state index is 12.4. The molecule has 2 aromatic carbocycles. The highest BCUT2D eigenvalue weighted by atomic mass is 35.5. The van der Waals surface area contributed by atoms with Gasteiger partial charge in [-0.1, -0.05) is 11.6 Å². The molecule has 0 saturated heterocycles. The fourth-order valence-corrected chi connectivity index (χ4v) is 2.62. The molecular formula is C19H21ClN2O3. The molecule has 0 aliphatic rings. The fraction of sp³-hybridized carbons (Fsp3) is 0.263. The van der Waals surface area contributed by atoms with Crippen LogP contribution in [0.3, 0.4) is 0 Å². The Labute approximate surface area is 152 Å². The summed E-state index contributed by atoms with van der Waals surface area (Å²) in [7, 11) is 1.49. The Morgan fingerprint density at radius 1 is 1.08 bits per heavy atom. The molecule has 6 heteroatoms. The fourth-order valence-electron chi connectivity index (χ4n) is 2.45. The second kappa shape index (κ2) is 8.53. The Bertz CT molecular complexity index is 756. The first-order valence-electron chi connectivity index (χ1n) is 8.04. The molecule has 0 atom stereocenters. The van der Waals surface area contributed by atoms with Crippen LogP contribution in [0.4, 0.5) is 5.69 Å². The number of anilines is 1. The standard InChI is InChI=1S/C19H21ClN2O3/c1-4-22(5-2)19(24)13-6-9-15(10-7-13)21-18(23)16-12-14(20)8-11-17(16)25-3/h6-12H,4-5H2,1-3H3,(H,21,23). The van der Waals surface area contributed by atoms with Crippen LogP contribution in [0, 0.1) is 0 Å². The topological polar surface area (TPSA) is 58.6 Å². The Hall–Kier alpha value is -2.53. The van der Waals surface area contributed by atoms with E-state index in [0.717, 1.165) is 0 Å². The normalized spacial score (nSPS) is 10.2. The monoisotopic (exact) mass is 360 g/mol. The Balaban J connectivity index is 2.15. The zero-order valence-corrected chi connectivity index (χ0v) is 15.3. The van der Waals surface area contributed by atoms with Crippen molar-refractivity contribution in [3.8, 4) is 5.75 Å². The van der Waals surface area contributed by atoms with Crippen LogP contribution in [0.2, 0.25) is 5.02 Å². The van der Waals surface area contributed by atoms with Gasteiger partial charge in [0, 0.05) is 29.4 Å². The molecule has 0 unspecified atom stereocenters. The molecule has 2 aromatic rings. The molecule has 2 amide bonds. The van der Waals surface area contributed by atoms with E-state index in [1.54, 1.807) is 47.4 Å². The Kier molecular flexibility index (Phi) is 6.42. The van der Waals surface area contributed by atoms with Crippen LogP contribution in [0.15, 0.2) is 42.5 Å². The summed E-state index contributed by atoms with van der Waals surface area (Å²) in [6, 6.07) is 11.6. The van der Waals surface area contributed by atoms with E-state index in [2.05, 4.69) is 5.32 Å². The number of carbonyl (C=O) groups excluding carboxylic acids is 2. The summed E-state index contributed by atoms with van der Waals surface area (Å²) in [6.07, 6.45) is 0. The third-order valence-corrected chi connectivity index (χ3v) is 4.08. The Morgan fingerprint density at radius 3 is 2.28 bits per heavy atom. The summed E-state index contributed by atoms with van der Waals surface area (Å²) in [5, 5.41) is 3.23. The lowest BCUT2D eigenvalue weighted by atomic mass is 10.1. The van der Waals surface area contributed by atoms with Gasteiger partial charge >= 0.3 is 0 Å². The van der Waals surface area contributed by atoms with Crippen molar-refractivity contribution in [2.24, 2.45) is 0 Å². The van der Waals surface area contributed by atoms with E-state index in [1.165, 1.54) is 7.11 Å². The molecule has 132 valence electrons. The minimum Gasteiger partial charge on any atom is -0.496 e. The van der Waals surface area contributed by atoms with E-state index in [1.807, 2.05) is 13.8 Å². The molecule has 0 aliphatic heterocycles. The van der Waals surface area contributed by atoms with Gasteiger partial charge in [0.1, 0.15) is 5.75 Å². The second-order valence-corrected chi connectivity index (χ2v) is 5.79. The van der Waals surface area contributed by atoms with Crippen molar-refractivity contribution >= 4 is 29.1 Å². The van der Waals surface area contributed by atoms with E-state index in [0.29, 0.717) is 40.7 Å². The summed E-state index contributed by atoms with van der Waals surface area (Å²) in [5.74, 6) is 0.0804. The van der Waals surface area contributed by atoms with E-state index in [9.17, 15) is 9.59 Å². The van der Waals surface area contributed by atoms with Crippen LogP contribution >= 0.6 is 11.6 Å². The lowest BCUT2D eigenvalue weighted by Crippen LogP contribution is -2.30. The van der Waals surface area contributed by atoms with Crippen LogP contribution in [-0.4, -0.2) is 36.9 Å². The van der Waals surface area contributed by atoms with Crippen molar-refractivity contribution < 1.29 is 14.3 Å². The van der Waals surface area contributed by atoms with Gasteiger partial charge in [-0.2, -0.15) is 0 Å². The third-order valence-electron chi connectivity index (χ3n) is 3.85.